The number of anilines is 2. The first-order chi connectivity index (χ1) is 8.34. The Balaban J connectivity index is 2.07. The molecule has 0 bridgehead atoms. The third-order valence-electron chi connectivity index (χ3n) is 3.20. The number of para-hydroxylation sites is 2. The van der Waals surface area contributed by atoms with E-state index < -0.39 is 0 Å². The maximum Gasteiger partial charge on any atom is 0.0760 e. The van der Waals surface area contributed by atoms with E-state index in [4.69, 9.17) is 0 Å². The first-order valence-corrected chi connectivity index (χ1v) is 5.93. The molecule has 0 aliphatic carbocycles. The molecule has 1 unspecified atom stereocenters. The summed E-state index contributed by atoms with van der Waals surface area (Å²) in [7, 11) is 0. The quantitative estimate of drug-likeness (QED) is 0.806. The van der Waals surface area contributed by atoms with Crippen LogP contribution < -0.4 is 4.90 Å². The van der Waals surface area contributed by atoms with E-state index in [1.54, 1.807) is 0 Å². The molecule has 0 aromatic heterocycles. The van der Waals surface area contributed by atoms with Crippen LogP contribution in [0.5, 0.6) is 0 Å². The van der Waals surface area contributed by atoms with Gasteiger partial charge in [-0.25, -0.2) is 0 Å². The van der Waals surface area contributed by atoms with Crippen LogP contribution in [0.15, 0.2) is 54.6 Å². The molecule has 3 rings (SSSR count). The average molecular weight is 225 g/mol. The van der Waals surface area contributed by atoms with E-state index in [1.807, 2.05) is 30.3 Å². The maximum atomic E-state index is 9.95. The smallest absolute Gasteiger partial charge is 0.0760 e. The van der Waals surface area contributed by atoms with Crippen molar-refractivity contribution in [3.05, 3.63) is 60.2 Å². The number of rotatable bonds is 1. The second-order valence-corrected chi connectivity index (χ2v) is 4.43. The highest BCUT2D eigenvalue weighted by atomic mass is 16.3. The summed E-state index contributed by atoms with van der Waals surface area (Å²) in [6.45, 7) is 0.668. The molecule has 1 N–H and O–H groups in total. The predicted molar refractivity (Wildman–Crippen MR) is 69.6 cm³/mol. The lowest BCUT2D eigenvalue weighted by molar-refractivity contribution is 0.178. The van der Waals surface area contributed by atoms with E-state index in [1.165, 1.54) is 11.3 Å². The molecule has 17 heavy (non-hydrogen) atoms. The number of hydrogen-bond acceptors (Lipinski definition) is 2. The van der Waals surface area contributed by atoms with Gasteiger partial charge in [0.1, 0.15) is 0 Å². The molecule has 0 saturated carbocycles. The van der Waals surface area contributed by atoms with Crippen LogP contribution in [0.25, 0.3) is 0 Å². The highest BCUT2D eigenvalue weighted by Crippen LogP contribution is 2.32. The Kier molecular flexibility index (Phi) is 2.57. The van der Waals surface area contributed by atoms with Crippen molar-refractivity contribution in [3.63, 3.8) is 0 Å². The van der Waals surface area contributed by atoms with Gasteiger partial charge in [-0.3, -0.25) is 0 Å². The van der Waals surface area contributed by atoms with Crippen LogP contribution in [0.3, 0.4) is 0 Å². The van der Waals surface area contributed by atoms with Gasteiger partial charge in [-0.2, -0.15) is 0 Å². The maximum absolute atomic E-state index is 9.95. The Morgan fingerprint density at radius 2 is 1.65 bits per heavy atom. The fourth-order valence-electron chi connectivity index (χ4n) is 2.43. The SMILES string of the molecule is OC1Cc2ccccc2N(c2ccccc2)C1. The Morgan fingerprint density at radius 3 is 2.47 bits per heavy atom. The first kappa shape index (κ1) is 10.4. The van der Waals surface area contributed by atoms with E-state index in [0.29, 0.717) is 6.54 Å². The van der Waals surface area contributed by atoms with Crippen LogP contribution in [0.4, 0.5) is 11.4 Å². The highest BCUT2D eigenvalue weighted by Gasteiger charge is 2.23. The first-order valence-electron chi connectivity index (χ1n) is 5.93. The number of nitrogens with zero attached hydrogens (tertiary/aromatic N) is 1. The summed E-state index contributed by atoms with van der Waals surface area (Å²) in [5.74, 6) is 0. The molecular weight excluding hydrogens is 210 g/mol. The minimum absolute atomic E-state index is 0.287. The molecule has 2 nitrogen and oxygen atoms in total. The molecule has 0 amide bonds. The van der Waals surface area contributed by atoms with Gasteiger partial charge in [0.2, 0.25) is 0 Å². The molecule has 1 aliphatic rings. The summed E-state index contributed by atoms with van der Waals surface area (Å²) >= 11 is 0. The summed E-state index contributed by atoms with van der Waals surface area (Å²) in [6.07, 6.45) is 0.463. The van der Waals surface area contributed by atoms with Gasteiger partial charge in [0.25, 0.3) is 0 Å². The molecular formula is C15H15NO. The topological polar surface area (TPSA) is 23.5 Å². The summed E-state index contributed by atoms with van der Waals surface area (Å²) in [5, 5.41) is 9.95. The molecule has 1 aliphatic heterocycles. The van der Waals surface area contributed by atoms with Crippen molar-refractivity contribution in [3.8, 4) is 0 Å². The van der Waals surface area contributed by atoms with E-state index >= 15 is 0 Å². The van der Waals surface area contributed by atoms with Gasteiger partial charge in [0.05, 0.1) is 6.10 Å². The number of hydrogen-bond donors (Lipinski definition) is 1. The summed E-state index contributed by atoms with van der Waals surface area (Å²) in [4.78, 5) is 2.18. The van der Waals surface area contributed by atoms with E-state index in [0.717, 1.165) is 12.1 Å². The number of aliphatic hydroxyl groups is 1. The molecule has 1 atom stereocenters. The van der Waals surface area contributed by atoms with E-state index in [2.05, 4.69) is 29.2 Å². The van der Waals surface area contributed by atoms with Gasteiger partial charge in [-0.15, -0.1) is 0 Å². The zero-order chi connectivity index (χ0) is 11.7. The lowest BCUT2D eigenvalue weighted by atomic mass is 9.99. The molecule has 0 fully saturated rings. The van der Waals surface area contributed by atoms with Crippen LogP contribution in [-0.4, -0.2) is 17.8 Å². The van der Waals surface area contributed by atoms with Gasteiger partial charge < -0.3 is 10.0 Å². The van der Waals surface area contributed by atoms with Crippen molar-refractivity contribution in [1.82, 2.24) is 0 Å². The largest absolute Gasteiger partial charge is 0.391 e. The zero-order valence-electron chi connectivity index (χ0n) is 9.58. The molecule has 0 radical (unpaired) electrons. The Hall–Kier alpha value is -1.80. The summed E-state index contributed by atoms with van der Waals surface area (Å²) in [5.41, 5.74) is 3.57. The minimum atomic E-state index is -0.287. The molecule has 2 heteroatoms. The third-order valence-corrected chi connectivity index (χ3v) is 3.20. The number of β-amino-alcohol motifs (C(OH)–C–C–N with tert-alkyl or cyclic N) is 1. The van der Waals surface area contributed by atoms with Gasteiger partial charge in [-0.05, 0) is 23.8 Å². The molecule has 1 heterocycles. The van der Waals surface area contributed by atoms with Crippen molar-refractivity contribution in [2.75, 3.05) is 11.4 Å². The van der Waals surface area contributed by atoms with Gasteiger partial charge in [0.15, 0.2) is 0 Å². The van der Waals surface area contributed by atoms with Gasteiger partial charge in [-0.1, -0.05) is 36.4 Å². The second kappa shape index (κ2) is 4.22. The Labute approximate surface area is 101 Å². The Bertz CT molecular complexity index is 509. The van der Waals surface area contributed by atoms with Crippen LogP contribution >= 0.6 is 0 Å². The van der Waals surface area contributed by atoms with Gasteiger partial charge >= 0.3 is 0 Å². The van der Waals surface area contributed by atoms with Crippen LogP contribution in [0, 0.1) is 0 Å². The van der Waals surface area contributed by atoms with Crippen molar-refractivity contribution >= 4 is 11.4 Å². The van der Waals surface area contributed by atoms with E-state index in [9.17, 15) is 5.11 Å². The number of fused-ring (bicyclic) bond motifs is 1. The fourth-order valence-corrected chi connectivity index (χ4v) is 2.43. The lowest BCUT2D eigenvalue weighted by Crippen LogP contribution is -2.35. The summed E-state index contributed by atoms with van der Waals surface area (Å²) in [6, 6.07) is 18.5. The van der Waals surface area contributed by atoms with E-state index in [-0.39, 0.29) is 6.10 Å². The monoisotopic (exact) mass is 225 g/mol. The standard InChI is InChI=1S/C15H15NO/c17-14-10-12-6-4-5-9-15(12)16(11-14)13-7-2-1-3-8-13/h1-9,14,17H,10-11H2. The number of benzene rings is 2. The molecule has 86 valence electrons. The zero-order valence-corrected chi connectivity index (χ0v) is 9.58. The summed E-state index contributed by atoms with van der Waals surface area (Å²) < 4.78 is 0. The Morgan fingerprint density at radius 1 is 0.941 bits per heavy atom. The van der Waals surface area contributed by atoms with Crippen molar-refractivity contribution in [2.45, 2.75) is 12.5 Å². The van der Waals surface area contributed by atoms with Crippen molar-refractivity contribution < 1.29 is 5.11 Å². The molecule has 2 aromatic rings. The third kappa shape index (κ3) is 1.92. The van der Waals surface area contributed by atoms with Crippen LogP contribution in [-0.2, 0) is 6.42 Å². The molecule has 0 spiro atoms. The highest BCUT2D eigenvalue weighted by molar-refractivity contribution is 5.68. The fraction of sp³-hybridized carbons (Fsp3) is 0.200. The normalized spacial score (nSPS) is 18.9. The van der Waals surface area contributed by atoms with Crippen LogP contribution in [0.1, 0.15) is 5.56 Å². The minimum Gasteiger partial charge on any atom is -0.391 e. The predicted octanol–water partition coefficient (Wildman–Crippen LogP) is 2.74. The second-order valence-electron chi connectivity index (χ2n) is 4.43. The van der Waals surface area contributed by atoms with Gasteiger partial charge in [0, 0.05) is 24.3 Å². The molecule has 0 saturated heterocycles. The lowest BCUT2D eigenvalue weighted by Gasteiger charge is -2.34. The van der Waals surface area contributed by atoms with Crippen LogP contribution in [0.2, 0.25) is 0 Å². The molecule has 2 aromatic carbocycles. The van der Waals surface area contributed by atoms with Crippen molar-refractivity contribution in [1.29, 1.82) is 0 Å². The van der Waals surface area contributed by atoms with Crippen molar-refractivity contribution in [2.24, 2.45) is 0 Å². The number of aliphatic hydroxyl groups excluding tert-OH is 1. The average Bonchev–Trinajstić information content (AvgIpc) is 2.39.